The van der Waals surface area contributed by atoms with E-state index in [0.717, 1.165) is 16.7 Å². The van der Waals surface area contributed by atoms with Gasteiger partial charge in [0.25, 0.3) is 5.56 Å². The number of nitrogen functional groups attached to an aromatic ring is 1. The highest BCUT2D eigenvalue weighted by atomic mass is 16.1. The van der Waals surface area contributed by atoms with Crippen LogP contribution in [0.15, 0.2) is 41.3 Å². The highest BCUT2D eigenvalue weighted by Crippen LogP contribution is 2.24. The van der Waals surface area contributed by atoms with E-state index in [1.807, 2.05) is 31.2 Å². The second-order valence-electron chi connectivity index (χ2n) is 3.94. The number of nitrogens with zero attached hydrogens (tertiary/aromatic N) is 1. The Morgan fingerprint density at radius 2 is 1.94 bits per heavy atom. The Labute approximate surface area is 94.1 Å². The van der Waals surface area contributed by atoms with Crippen LogP contribution in [0.5, 0.6) is 0 Å². The van der Waals surface area contributed by atoms with Crippen molar-refractivity contribution < 1.29 is 0 Å². The van der Waals surface area contributed by atoms with Crippen molar-refractivity contribution in [3.63, 3.8) is 0 Å². The third-order valence-corrected chi connectivity index (χ3v) is 2.68. The lowest BCUT2D eigenvalue weighted by atomic mass is 10.0. The van der Waals surface area contributed by atoms with Gasteiger partial charge in [-0.1, -0.05) is 6.07 Å². The van der Waals surface area contributed by atoms with Crippen LogP contribution in [0.25, 0.3) is 11.1 Å². The van der Waals surface area contributed by atoms with Crippen LogP contribution in [0.3, 0.4) is 0 Å². The summed E-state index contributed by atoms with van der Waals surface area (Å²) in [5, 5.41) is 0. The topological polar surface area (TPSA) is 48.0 Å². The molecule has 1 aromatic carbocycles. The number of pyridine rings is 1. The Balaban J connectivity index is 2.63. The summed E-state index contributed by atoms with van der Waals surface area (Å²) in [5.41, 5.74) is 9.48. The predicted octanol–water partition coefficient (Wildman–Crippen LogP) is 1.94. The average Bonchev–Trinajstić information content (AvgIpc) is 2.26. The molecule has 0 amide bonds. The molecule has 0 atom stereocenters. The molecular weight excluding hydrogens is 200 g/mol. The maximum absolute atomic E-state index is 11.5. The minimum absolute atomic E-state index is 0.0145. The zero-order chi connectivity index (χ0) is 11.7. The molecule has 0 spiro atoms. The van der Waals surface area contributed by atoms with Gasteiger partial charge >= 0.3 is 0 Å². The van der Waals surface area contributed by atoms with Gasteiger partial charge in [0, 0.05) is 25.0 Å². The summed E-state index contributed by atoms with van der Waals surface area (Å²) in [4.78, 5) is 11.5. The summed E-state index contributed by atoms with van der Waals surface area (Å²) < 4.78 is 1.55. The molecule has 0 saturated carbocycles. The number of rotatable bonds is 1. The van der Waals surface area contributed by atoms with E-state index in [1.165, 1.54) is 0 Å². The number of nitrogens with two attached hydrogens (primary N) is 1. The van der Waals surface area contributed by atoms with E-state index in [1.54, 1.807) is 23.9 Å². The highest BCUT2D eigenvalue weighted by Gasteiger charge is 2.03. The van der Waals surface area contributed by atoms with Crippen LogP contribution in [-0.2, 0) is 7.05 Å². The molecule has 0 aliphatic rings. The van der Waals surface area contributed by atoms with Gasteiger partial charge in [-0.2, -0.15) is 0 Å². The fourth-order valence-corrected chi connectivity index (χ4v) is 1.67. The molecule has 16 heavy (non-hydrogen) atoms. The summed E-state index contributed by atoms with van der Waals surface area (Å²) in [6.45, 7) is 2.01. The molecular formula is C13H14N2O. The van der Waals surface area contributed by atoms with E-state index in [0.29, 0.717) is 5.69 Å². The van der Waals surface area contributed by atoms with E-state index in [-0.39, 0.29) is 5.56 Å². The molecule has 2 rings (SSSR count). The maximum atomic E-state index is 11.5. The van der Waals surface area contributed by atoms with Gasteiger partial charge in [0.1, 0.15) is 0 Å². The molecule has 0 saturated heterocycles. The fourth-order valence-electron chi connectivity index (χ4n) is 1.67. The van der Waals surface area contributed by atoms with Crippen LogP contribution in [-0.4, -0.2) is 4.57 Å². The Hall–Kier alpha value is -2.03. The van der Waals surface area contributed by atoms with Crippen molar-refractivity contribution in [3.05, 3.63) is 52.4 Å². The number of aromatic nitrogens is 1. The molecule has 0 bridgehead atoms. The third kappa shape index (κ3) is 1.84. The molecule has 2 aromatic rings. The first kappa shape index (κ1) is 10.5. The van der Waals surface area contributed by atoms with Crippen LogP contribution in [0, 0.1) is 6.92 Å². The monoisotopic (exact) mass is 214 g/mol. The van der Waals surface area contributed by atoms with E-state index in [4.69, 9.17) is 5.73 Å². The van der Waals surface area contributed by atoms with Gasteiger partial charge in [0.2, 0.25) is 0 Å². The Morgan fingerprint density at radius 1 is 1.19 bits per heavy atom. The highest BCUT2D eigenvalue weighted by molar-refractivity contribution is 5.70. The average molecular weight is 214 g/mol. The lowest BCUT2D eigenvalue weighted by Crippen LogP contribution is -2.14. The maximum Gasteiger partial charge on any atom is 0.250 e. The number of aryl methyl sites for hydroxylation is 2. The van der Waals surface area contributed by atoms with Crippen molar-refractivity contribution in [3.8, 4) is 11.1 Å². The van der Waals surface area contributed by atoms with Gasteiger partial charge in [-0.3, -0.25) is 4.79 Å². The lowest BCUT2D eigenvalue weighted by molar-refractivity contribution is 0.861. The molecule has 1 aromatic heterocycles. The normalized spacial score (nSPS) is 10.4. The molecule has 0 aliphatic carbocycles. The summed E-state index contributed by atoms with van der Waals surface area (Å²) in [6, 6.07) is 9.26. The largest absolute Gasteiger partial charge is 0.399 e. The van der Waals surface area contributed by atoms with Crippen molar-refractivity contribution in [2.24, 2.45) is 7.05 Å². The summed E-state index contributed by atoms with van der Waals surface area (Å²) in [7, 11) is 1.73. The van der Waals surface area contributed by atoms with Crippen molar-refractivity contribution in [2.75, 3.05) is 5.73 Å². The molecule has 0 radical (unpaired) electrons. The molecule has 1 heterocycles. The fraction of sp³-hybridized carbons (Fsp3) is 0.154. The second kappa shape index (κ2) is 3.85. The number of anilines is 1. The van der Waals surface area contributed by atoms with Gasteiger partial charge in [-0.25, -0.2) is 0 Å². The zero-order valence-electron chi connectivity index (χ0n) is 9.40. The minimum atomic E-state index is -0.0145. The molecule has 0 unspecified atom stereocenters. The smallest absolute Gasteiger partial charge is 0.250 e. The van der Waals surface area contributed by atoms with Crippen LogP contribution in [0.4, 0.5) is 5.69 Å². The van der Waals surface area contributed by atoms with E-state index >= 15 is 0 Å². The van der Waals surface area contributed by atoms with Crippen molar-refractivity contribution in [1.82, 2.24) is 4.57 Å². The number of benzene rings is 1. The van der Waals surface area contributed by atoms with E-state index in [2.05, 4.69) is 0 Å². The Kier molecular flexibility index (Phi) is 2.52. The van der Waals surface area contributed by atoms with Crippen LogP contribution in [0.1, 0.15) is 5.56 Å². The lowest BCUT2D eigenvalue weighted by Gasteiger charge is -2.07. The summed E-state index contributed by atoms with van der Waals surface area (Å²) >= 11 is 0. The van der Waals surface area contributed by atoms with Gasteiger partial charge < -0.3 is 10.3 Å². The van der Waals surface area contributed by atoms with Crippen LogP contribution < -0.4 is 11.3 Å². The first-order valence-electron chi connectivity index (χ1n) is 5.11. The Morgan fingerprint density at radius 3 is 2.62 bits per heavy atom. The Bertz CT molecular complexity index is 585. The number of hydrogen-bond donors (Lipinski definition) is 1. The zero-order valence-corrected chi connectivity index (χ0v) is 9.40. The van der Waals surface area contributed by atoms with Gasteiger partial charge in [0.05, 0.1) is 0 Å². The minimum Gasteiger partial charge on any atom is -0.399 e. The van der Waals surface area contributed by atoms with Gasteiger partial charge in [-0.05, 0) is 41.8 Å². The third-order valence-electron chi connectivity index (χ3n) is 2.68. The van der Waals surface area contributed by atoms with Crippen molar-refractivity contribution >= 4 is 5.69 Å². The molecule has 82 valence electrons. The SMILES string of the molecule is Cc1ccc(N)cc1-c1ccn(C)c(=O)c1. The van der Waals surface area contributed by atoms with Crippen LogP contribution in [0.2, 0.25) is 0 Å². The first-order chi connectivity index (χ1) is 7.58. The van der Waals surface area contributed by atoms with E-state index < -0.39 is 0 Å². The quantitative estimate of drug-likeness (QED) is 0.737. The van der Waals surface area contributed by atoms with E-state index in [9.17, 15) is 4.79 Å². The van der Waals surface area contributed by atoms with Crippen LogP contribution >= 0.6 is 0 Å². The van der Waals surface area contributed by atoms with Crippen molar-refractivity contribution in [2.45, 2.75) is 6.92 Å². The summed E-state index contributed by atoms with van der Waals surface area (Å²) in [6.07, 6.45) is 1.76. The molecule has 3 nitrogen and oxygen atoms in total. The molecule has 3 heteroatoms. The number of hydrogen-bond acceptors (Lipinski definition) is 2. The van der Waals surface area contributed by atoms with Gasteiger partial charge in [-0.15, -0.1) is 0 Å². The molecule has 0 aliphatic heterocycles. The predicted molar refractivity (Wildman–Crippen MR) is 66.3 cm³/mol. The van der Waals surface area contributed by atoms with Gasteiger partial charge in [0.15, 0.2) is 0 Å². The second-order valence-corrected chi connectivity index (χ2v) is 3.94. The molecule has 2 N–H and O–H groups in total. The summed E-state index contributed by atoms with van der Waals surface area (Å²) in [5.74, 6) is 0. The standard InChI is InChI=1S/C13H14N2O/c1-9-3-4-11(14)8-12(9)10-5-6-15(2)13(16)7-10/h3-8H,14H2,1-2H3. The molecule has 0 fully saturated rings. The van der Waals surface area contributed by atoms with Crippen molar-refractivity contribution in [1.29, 1.82) is 0 Å². The first-order valence-corrected chi connectivity index (χ1v) is 5.11.